The normalized spacial score (nSPS) is 12.3. The molecule has 0 spiro atoms. The van der Waals surface area contributed by atoms with Crippen LogP contribution >= 0.6 is 0 Å². The number of carbonyl (C=O) groups excluding carboxylic acids is 3. The Bertz CT molecular complexity index is 1450. The van der Waals surface area contributed by atoms with Gasteiger partial charge in [-0.2, -0.15) is 0 Å². The lowest BCUT2D eigenvalue weighted by Crippen LogP contribution is -2.38. The van der Waals surface area contributed by atoms with Crippen LogP contribution in [0.3, 0.4) is 0 Å². The van der Waals surface area contributed by atoms with Gasteiger partial charge in [0.15, 0.2) is 0 Å². The summed E-state index contributed by atoms with van der Waals surface area (Å²) in [5.74, 6) is -0.451. The molecule has 1 aliphatic rings. The Hall–Kier alpha value is -4.34. The highest BCUT2D eigenvalue weighted by atomic mass is 16.2. The van der Waals surface area contributed by atoms with E-state index in [-0.39, 0.29) is 30.8 Å². The number of rotatable bonds is 18. The van der Waals surface area contributed by atoms with Crippen molar-refractivity contribution in [2.45, 2.75) is 45.1 Å². The zero-order chi connectivity index (χ0) is 32.3. The average molecular weight is 614 g/mol. The van der Waals surface area contributed by atoms with Crippen LogP contribution in [0.2, 0.25) is 0 Å². The van der Waals surface area contributed by atoms with Crippen LogP contribution in [-0.4, -0.2) is 74.4 Å². The molecule has 10 nitrogen and oxygen atoms in total. The van der Waals surface area contributed by atoms with E-state index in [0.717, 1.165) is 72.3 Å². The molecule has 1 aliphatic heterocycles. The molecule has 1 saturated heterocycles. The van der Waals surface area contributed by atoms with Crippen LogP contribution in [0.25, 0.3) is 10.9 Å². The first-order valence-corrected chi connectivity index (χ1v) is 15.6. The second-order valence-electron chi connectivity index (χ2n) is 10.9. The molecule has 2 aromatic carbocycles. The number of hydrogen-bond donors (Lipinski definition) is 5. The molecule has 2 heterocycles. The van der Waals surface area contributed by atoms with Crippen molar-refractivity contribution in [3.63, 3.8) is 0 Å². The Morgan fingerprint density at radius 2 is 1.89 bits per heavy atom. The highest BCUT2D eigenvalue weighted by Crippen LogP contribution is 2.25. The van der Waals surface area contributed by atoms with Crippen molar-refractivity contribution < 1.29 is 14.4 Å². The van der Waals surface area contributed by atoms with Crippen molar-refractivity contribution in [1.29, 1.82) is 0 Å². The van der Waals surface area contributed by atoms with E-state index in [1.54, 1.807) is 12.2 Å². The minimum absolute atomic E-state index is 0.115. The molecule has 3 amide bonds. The molecule has 1 atom stereocenters. The predicted molar refractivity (Wildman–Crippen MR) is 181 cm³/mol. The quantitative estimate of drug-likeness (QED) is 0.0640. The summed E-state index contributed by atoms with van der Waals surface area (Å²) < 4.78 is 0. The van der Waals surface area contributed by atoms with Gasteiger partial charge >= 0.3 is 0 Å². The van der Waals surface area contributed by atoms with Gasteiger partial charge in [-0.3, -0.25) is 24.3 Å². The summed E-state index contributed by atoms with van der Waals surface area (Å²) in [5.41, 5.74) is 12.9. The number of aromatic nitrogens is 1. The molecule has 45 heavy (non-hydrogen) atoms. The van der Waals surface area contributed by atoms with Crippen molar-refractivity contribution in [2.75, 3.05) is 51.6 Å². The fraction of sp³-hybridized carbons (Fsp3) is 0.400. The standard InChI is InChI=1S/C33H42N6O3.C2H5N/c1-3-4-5-13-33(42)37-28-16-14-27(26(21-28)11-8-9-19-39(20-18-35-2)23-32(34)41)22-31(36-24-40)30-17-15-25-10-6-7-12-29(25)38-30;1-2-3-1/h3,5-7,10,12,14-17,21,24,31,35H,8-9,11,13,18-20,22-23H2,1-2H3,(H2,34,41)(H,36,40)(H,37,42);3H,1-2H2. The summed E-state index contributed by atoms with van der Waals surface area (Å²) in [5, 5.41) is 13.1. The lowest BCUT2D eigenvalue weighted by Gasteiger charge is -2.21. The molecule has 3 aromatic rings. The van der Waals surface area contributed by atoms with Crippen LogP contribution < -0.4 is 27.0 Å². The van der Waals surface area contributed by atoms with Crippen molar-refractivity contribution in [2.24, 2.45) is 5.73 Å². The summed E-state index contributed by atoms with van der Waals surface area (Å²) in [7, 11) is 1.88. The molecule has 6 N–H and O–H groups in total. The zero-order valence-electron chi connectivity index (χ0n) is 26.5. The van der Waals surface area contributed by atoms with Crippen LogP contribution in [0.4, 0.5) is 5.69 Å². The third-order valence-corrected chi connectivity index (χ3v) is 7.21. The zero-order valence-corrected chi connectivity index (χ0v) is 26.5. The highest BCUT2D eigenvalue weighted by Gasteiger charge is 2.17. The van der Waals surface area contributed by atoms with Crippen molar-refractivity contribution in [3.05, 3.63) is 89.3 Å². The maximum Gasteiger partial charge on any atom is 0.231 e. The van der Waals surface area contributed by atoms with Crippen LogP contribution in [0, 0.1) is 0 Å². The van der Waals surface area contributed by atoms with Gasteiger partial charge in [0.05, 0.1) is 30.2 Å². The first-order chi connectivity index (χ1) is 21.9. The summed E-state index contributed by atoms with van der Waals surface area (Å²) in [4.78, 5) is 42.4. The number of fused-ring (bicyclic) bond motifs is 1. The largest absolute Gasteiger partial charge is 0.369 e. The van der Waals surface area contributed by atoms with E-state index < -0.39 is 0 Å². The number of carbonyl (C=O) groups is 3. The van der Waals surface area contributed by atoms with Crippen molar-refractivity contribution in [1.82, 2.24) is 25.8 Å². The van der Waals surface area contributed by atoms with Gasteiger partial charge < -0.3 is 27.0 Å². The van der Waals surface area contributed by atoms with E-state index in [4.69, 9.17) is 10.7 Å². The van der Waals surface area contributed by atoms with Crippen molar-refractivity contribution >= 4 is 34.8 Å². The summed E-state index contributed by atoms with van der Waals surface area (Å²) >= 11 is 0. The van der Waals surface area contributed by atoms with Gasteiger partial charge in [-0.1, -0.05) is 30.3 Å². The van der Waals surface area contributed by atoms with E-state index in [0.29, 0.717) is 12.8 Å². The number of hydrogen-bond acceptors (Lipinski definition) is 7. The monoisotopic (exact) mass is 613 g/mol. The molecular formula is C35H47N7O3. The molecule has 1 aromatic heterocycles. The maximum atomic E-state index is 12.4. The molecule has 0 radical (unpaired) electrons. The number of primary amides is 1. The van der Waals surface area contributed by atoms with Gasteiger partial charge in [0, 0.05) is 37.3 Å². The number of aryl methyl sites for hydroxylation is 1. The Morgan fingerprint density at radius 1 is 1.09 bits per heavy atom. The topological polar surface area (TPSA) is 151 Å². The first kappa shape index (κ1) is 35.1. The lowest BCUT2D eigenvalue weighted by molar-refractivity contribution is -0.119. The first-order valence-electron chi connectivity index (χ1n) is 15.6. The van der Waals surface area contributed by atoms with E-state index in [1.165, 1.54) is 13.1 Å². The lowest BCUT2D eigenvalue weighted by atomic mass is 9.94. The Morgan fingerprint density at radius 3 is 2.60 bits per heavy atom. The number of nitrogens with zero attached hydrogens (tertiary/aromatic N) is 2. The van der Waals surface area contributed by atoms with E-state index in [1.807, 2.05) is 68.6 Å². The predicted octanol–water partition coefficient (Wildman–Crippen LogP) is 3.24. The van der Waals surface area contributed by atoms with Crippen LogP contribution in [0.5, 0.6) is 0 Å². The second-order valence-corrected chi connectivity index (χ2v) is 10.9. The van der Waals surface area contributed by atoms with Crippen molar-refractivity contribution in [3.8, 4) is 0 Å². The molecule has 0 saturated carbocycles. The number of para-hydroxylation sites is 1. The summed E-state index contributed by atoms with van der Waals surface area (Å²) in [6.45, 7) is 6.85. The SMILES string of the molecule is C1CN1.CC=C=CCC(=O)Nc1ccc(CC(NC=O)c2ccc3ccccc3n2)c(CCCCN(CCNC)CC(N)=O)c1. The molecular weight excluding hydrogens is 566 g/mol. The molecule has 1 unspecified atom stereocenters. The maximum absolute atomic E-state index is 12.4. The third-order valence-electron chi connectivity index (χ3n) is 7.21. The minimum Gasteiger partial charge on any atom is -0.369 e. The number of anilines is 1. The fourth-order valence-electron chi connectivity index (χ4n) is 4.85. The molecule has 4 rings (SSSR count). The van der Waals surface area contributed by atoms with Gasteiger partial charge in [-0.25, -0.2) is 0 Å². The van der Waals surface area contributed by atoms with Gasteiger partial charge in [0.2, 0.25) is 18.2 Å². The number of likely N-dealkylation sites (N-methyl/N-ethyl adjacent to an activating group) is 1. The number of nitrogens with two attached hydrogens (primary N) is 1. The molecule has 0 bridgehead atoms. The second kappa shape index (κ2) is 19.8. The van der Waals surface area contributed by atoms with Crippen LogP contribution in [0.15, 0.2) is 72.5 Å². The van der Waals surface area contributed by atoms with E-state index >= 15 is 0 Å². The van der Waals surface area contributed by atoms with Gasteiger partial charge in [-0.15, -0.1) is 5.73 Å². The average Bonchev–Trinajstić information content (AvgIpc) is 3.92. The molecule has 1 fully saturated rings. The minimum atomic E-state index is -0.336. The third kappa shape index (κ3) is 13.5. The fourth-order valence-corrected chi connectivity index (χ4v) is 4.85. The van der Waals surface area contributed by atoms with E-state index in [2.05, 4.69) is 31.9 Å². The number of pyridine rings is 1. The van der Waals surface area contributed by atoms with Gasteiger partial charge in [0.1, 0.15) is 0 Å². The van der Waals surface area contributed by atoms with Crippen LogP contribution in [-0.2, 0) is 27.2 Å². The molecule has 0 aliphatic carbocycles. The number of benzene rings is 2. The van der Waals surface area contributed by atoms with Gasteiger partial charge in [0.25, 0.3) is 0 Å². The van der Waals surface area contributed by atoms with Crippen LogP contribution in [0.1, 0.15) is 49.0 Å². The molecule has 240 valence electrons. The Labute approximate surface area is 266 Å². The Kier molecular flexibility index (Phi) is 15.5. The number of unbranched alkanes of at least 4 members (excludes halogenated alkanes) is 1. The summed E-state index contributed by atoms with van der Waals surface area (Å²) in [6, 6.07) is 17.5. The smallest absolute Gasteiger partial charge is 0.231 e. The molecule has 10 heteroatoms. The number of amides is 3. The van der Waals surface area contributed by atoms with Gasteiger partial charge in [-0.05, 0) is 93.7 Å². The number of nitrogens with one attached hydrogen (secondary N) is 4. The Balaban J connectivity index is 0.00000173. The summed E-state index contributed by atoms with van der Waals surface area (Å²) in [6.07, 6.45) is 7.49. The van der Waals surface area contributed by atoms with E-state index in [9.17, 15) is 14.4 Å². The highest BCUT2D eigenvalue weighted by molar-refractivity contribution is 5.91.